The van der Waals surface area contributed by atoms with Gasteiger partial charge in [-0.05, 0) is 46.0 Å². The van der Waals surface area contributed by atoms with Crippen LogP contribution >= 0.6 is 11.3 Å². The Morgan fingerprint density at radius 2 is 1.79 bits per heavy atom. The van der Waals surface area contributed by atoms with Gasteiger partial charge in [-0.15, -0.1) is 11.3 Å². The highest BCUT2D eigenvalue weighted by molar-refractivity contribution is 7.09. The summed E-state index contributed by atoms with van der Waals surface area (Å²) in [5.74, 6) is 1.05. The van der Waals surface area contributed by atoms with Crippen molar-refractivity contribution in [2.24, 2.45) is 5.92 Å². The van der Waals surface area contributed by atoms with Crippen molar-refractivity contribution < 1.29 is 9.47 Å². The van der Waals surface area contributed by atoms with Crippen molar-refractivity contribution in [1.82, 2.24) is 4.98 Å². The van der Waals surface area contributed by atoms with Gasteiger partial charge in [-0.3, -0.25) is 0 Å². The summed E-state index contributed by atoms with van der Waals surface area (Å²) in [5, 5.41) is 5.42. The lowest BCUT2D eigenvalue weighted by Gasteiger charge is -2.35. The van der Waals surface area contributed by atoms with E-state index in [0.717, 1.165) is 21.9 Å². The van der Waals surface area contributed by atoms with E-state index >= 15 is 0 Å². The summed E-state index contributed by atoms with van der Waals surface area (Å²) in [7, 11) is 1.75. The molecule has 0 aliphatic heterocycles. The number of nitrogens with zero attached hydrogens (tertiary/aromatic N) is 1. The molecule has 0 saturated heterocycles. The van der Waals surface area contributed by atoms with E-state index in [0.29, 0.717) is 6.61 Å². The molecule has 4 rings (SSSR count). The Labute approximate surface area is 176 Å². The summed E-state index contributed by atoms with van der Waals surface area (Å²) in [4.78, 5) is 4.56. The Bertz CT molecular complexity index is 1090. The minimum Gasteiger partial charge on any atom is -0.489 e. The van der Waals surface area contributed by atoms with Gasteiger partial charge in [0.1, 0.15) is 23.0 Å². The predicted molar refractivity (Wildman–Crippen MR) is 119 cm³/mol. The molecule has 0 aliphatic rings. The van der Waals surface area contributed by atoms with Gasteiger partial charge in [0.25, 0.3) is 0 Å². The standard InChI is InChI=1S/C25H25NO2S/c1-18(2)25(27-3,24-26-13-14-29-24)22-9-6-10-23(16-22)28-17-19-11-12-20-7-4-5-8-21(20)15-19/h4-16,18H,17H2,1-3H3. The van der Waals surface area contributed by atoms with Crippen molar-refractivity contribution in [3.05, 3.63) is 94.4 Å². The number of rotatable bonds is 7. The third-order valence-electron chi connectivity index (χ3n) is 5.37. The minimum absolute atomic E-state index is 0.217. The van der Waals surface area contributed by atoms with Crippen LogP contribution in [0.1, 0.15) is 30.0 Å². The molecule has 4 heteroatoms. The van der Waals surface area contributed by atoms with Crippen molar-refractivity contribution in [2.75, 3.05) is 7.11 Å². The van der Waals surface area contributed by atoms with Gasteiger partial charge in [-0.1, -0.05) is 62.4 Å². The van der Waals surface area contributed by atoms with Crippen LogP contribution in [0.25, 0.3) is 10.8 Å². The van der Waals surface area contributed by atoms with E-state index in [2.05, 4.69) is 73.4 Å². The van der Waals surface area contributed by atoms with Crippen LogP contribution in [0.4, 0.5) is 0 Å². The van der Waals surface area contributed by atoms with Crippen LogP contribution in [0, 0.1) is 5.92 Å². The minimum atomic E-state index is -0.587. The molecular weight excluding hydrogens is 378 g/mol. The second-order valence-corrected chi connectivity index (χ2v) is 8.32. The van der Waals surface area contributed by atoms with Crippen molar-refractivity contribution in [3.8, 4) is 5.75 Å². The molecular formula is C25H25NO2S. The van der Waals surface area contributed by atoms with E-state index in [1.807, 2.05) is 23.7 Å². The first-order chi connectivity index (χ1) is 14.1. The molecule has 0 radical (unpaired) electrons. The molecule has 1 heterocycles. The number of fused-ring (bicyclic) bond motifs is 1. The van der Waals surface area contributed by atoms with Crippen molar-refractivity contribution in [3.63, 3.8) is 0 Å². The average Bonchev–Trinajstić information content (AvgIpc) is 3.28. The zero-order valence-corrected chi connectivity index (χ0v) is 17.8. The lowest BCUT2D eigenvalue weighted by Crippen LogP contribution is -2.35. The number of hydrogen-bond acceptors (Lipinski definition) is 4. The number of hydrogen-bond donors (Lipinski definition) is 0. The third-order valence-corrected chi connectivity index (χ3v) is 6.26. The van der Waals surface area contributed by atoms with Crippen molar-refractivity contribution in [1.29, 1.82) is 0 Å². The van der Waals surface area contributed by atoms with Gasteiger partial charge in [0.2, 0.25) is 0 Å². The highest BCUT2D eigenvalue weighted by Gasteiger charge is 2.40. The number of benzene rings is 3. The fourth-order valence-electron chi connectivity index (χ4n) is 3.86. The van der Waals surface area contributed by atoms with Gasteiger partial charge >= 0.3 is 0 Å². The molecule has 148 valence electrons. The normalized spacial score (nSPS) is 13.5. The highest BCUT2D eigenvalue weighted by atomic mass is 32.1. The molecule has 0 spiro atoms. The lowest BCUT2D eigenvalue weighted by molar-refractivity contribution is -0.0177. The van der Waals surface area contributed by atoms with E-state index in [9.17, 15) is 0 Å². The van der Waals surface area contributed by atoms with Crippen LogP contribution < -0.4 is 4.74 Å². The Balaban J connectivity index is 1.60. The Kier molecular flexibility index (Phi) is 5.65. The van der Waals surface area contributed by atoms with E-state index < -0.39 is 5.60 Å². The maximum atomic E-state index is 6.15. The molecule has 0 fully saturated rings. The summed E-state index contributed by atoms with van der Waals surface area (Å²) in [6.07, 6.45) is 1.83. The number of thiazole rings is 1. The summed E-state index contributed by atoms with van der Waals surface area (Å²) in [6.45, 7) is 4.84. The molecule has 1 aromatic heterocycles. The third kappa shape index (κ3) is 3.78. The highest BCUT2D eigenvalue weighted by Crippen LogP contribution is 2.42. The molecule has 0 saturated carbocycles. The molecule has 0 amide bonds. The second-order valence-electron chi connectivity index (χ2n) is 7.43. The van der Waals surface area contributed by atoms with E-state index in [1.165, 1.54) is 10.8 Å². The molecule has 4 aromatic rings. The van der Waals surface area contributed by atoms with Gasteiger partial charge in [0.05, 0.1) is 0 Å². The average molecular weight is 404 g/mol. The number of aromatic nitrogens is 1. The van der Waals surface area contributed by atoms with Gasteiger partial charge in [-0.25, -0.2) is 4.98 Å². The molecule has 0 aliphatic carbocycles. The second kappa shape index (κ2) is 8.36. The van der Waals surface area contributed by atoms with Gasteiger partial charge < -0.3 is 9.47 Å². The first-order valence-corrected chi connectivity index (χ1v) is 10.7. The van der Waals surface area contributed by atoms with Gasteiger partial charge in [-0.2, -0.15) is 0 Å². The Morgan fingerprint density at radius 3 is 2.52 bits per heavy atom. The van der Waals surface area contributed by atoms with Crippen molar-refractivity contribution in [2.45, 2.75) is 26.1 Å². The maximum Gasteiger partial charge on any atom is 0.146 e. The molecule has 3 aromatic carbocycles. The maximum absolute atomic E-state index is 6.15. The number of methoxy groups -OCH3 is 1. The van der Waals surface area contributed by atoms with Crippen LogP contribution in [0.5, 0.6) is 5.75 Å². The summed E-state index contributed by atoms with van der Waals surface area (Å²) in [6, 6.07) is 23.0. The van der Waals surface area contributed by atoms with Gasteiger partial charge in [0.15, 0.2) is 0 Å². The summed E-state index contributed by atoms with van der Waals surface area (Å²) >= 11 is 1.62. The SMILES string of the molecule is COC(c1cccc(OCc2ccc3ccccc3c2)c1)(c1nccs1)C(C)C. The van der Waals surface area contributed by atoms with Crippen LogP contribution in [-0.4, -0.2) is 12.1 Å². The predicted octanol–water partition coefficient (Wildman–Crippen LogP) is 6.42. The monoisotopic (exact) mass is 403 g/mol. The van der Waals surface area contributed by atoms with Crippen LogP contribution in [0.15, 0.2) is 78.3 Å². The fraction of sp³-hybridized carbons (Fsp3) is 0.240. The summed E-state index contributed by atoms with van der Waals surface area (Å²) in [5.41, 5.74) is 1.62. The molecule has 1 atom stereocenters. The first kappa shape index (κ1) is 19.6. The fourth-order valence-corrected chi connectivity index (χ4v) is 4.85. The van der Waals surface area contributed by atoms with Gasteiger partial charge in [0, 0.05) is 18.7 Å². The van der Waals surface area contributed by atoms with Crippen LogP contribution in [0.3, 0.4) is 0 Å². The smallest absolute Gasteiger partial charge is 0.146 e. The first-order valence-electron chi connectivity index (χ1n) is 9.79. The molecule has 29 heavy (non-hydrogen) atoms. The van der Waals surface area contributed by atoms with Crippen molar-refractivity contribution >= 4 is 22.1 Å². The molecule has 3 nitrogen and oxygen atoms in total. The zero-order chi connectivity index (χ0) is 20.3. The van der Waals surface area contributed by atoms with E-state index in [1.54, 1.807) is 18.4 Å². The number of ether oxygens (including phenoxy) is 2. The van der Waals surface area contributed by atoms with Crippen LogP contribution in [-0.2, 0) is 16.9 Å². The summed E-state index contributed by atoms with van der Waals surface area (Å²) < 4.78 is 12.2. The molecule has 0 N–H and O–H groups in total. The zero-order valence-electron chi connectivity index (χ0n) is 17.0. The largest absolute Gasteiger partial charge is 0.489 e. The Morgan fingerprint density at radius 1 is 0.966 bits per heavy atom. The van der Waals surface area contributed by atoms with Crippen LogP contribution in [0.2, 0.25) is 0 Å². The van der Waals surface area contributed by atoms with E-state index in [4.69, 9.17) is 9.47 Å². The topological polar surface area (TPSA) is 31.4 Å². The molecule has 0 bridgehead atoms. The Hall–Kier alpha value is -2.69. The van der Waals surface area contributed by atoms with E-state index in [-0.39, 0.29) is 5.92 Å². The quantitative estimate of drug-likeness (QED) is 0.357. The lowest BCUT2D eigenvalue weighted by atomic mass is 9.83. The molecule has 1 unspecified atom stereocenters.